The van der Waals surface area contributed by atoms with Crippen LogP contribution in [0.2, 0.25) is 0 Å². The molecule has 5 heteroatoms. The standard InChI is InChI=1S/C21H22N2O3/c1-15-9-11-18(12-10-15)25-14-13-23(3)21(24)19-16(2)26-22-20(19)17-7-5-4-6-8-17/h4-12H,13-14H2,1-3H3. The lowest BCUT2D eigenvalue weighted by Gasteiger charge is -2.17. The van der Waals surface area contributed by atoms with E-state index >= 15 is 0 Å². The summed E-state index contributed by atoms with van der Waals surface area (Å²) < 4.78 is 11.0. The summed E-state index contributed by atoms with van der Waals surface area (Å²) >= 11 is 0. The maximum atomic E-state index is 12.9. The van der Waals surface area contributed by atoms with Gasteiger partial charge in [0.15, 0.2) is 0 Å². The largest absolute Gasteiger partial charge is 0.492 e. The van der Waals surface area contributed by atoms with Gasteiger partial charge in [0.1, 0.15) is 29.4 Å². The third kappa shape index (κ3) is 3.94. The molecule has 3 rings (SSSR count). The molecule has 26 heavy (non-hydrogen) atoms. The number of ether oxygens (including phenoxy) is 1. The first kappa shape index (κ1) is 17.7. The smallest absolute Gasteiger partial charge is 0.259 e. The first-order valence-electron chi connectivity index (χ1n) is 8.53. The van der Waals surface area contributed by atoms with Crippen molar-refractivity contribution in [2.45, 2.75) is 13.8 Å². The van der Waals surface area contributed by atoms with Gasteiger partial charge < -0.3 is 14.2 Å². The number of rotatable bonds is 6. The van der Waals surface area contributed by atoms with Crippen LogP contribution in [-0.4, -0.2) is 36.2 Å². The molecule has 5 nitrogen and oxygen atoms in total. The number of hydrogen-bond donors (Lipinski definition) is 0. The third-order valence-corrected chi connectivity index (χ3v) is 4.19. The Morgan fingerprint density at radius 1 is 1.08 bits per heavy atom. The predicted octanol–water partition coefficient (Wildman–Crippen LogP) is 4.11. The van der Waals surface area contributed by atoms with Gasteiger partial charge in [-0.15, -0.1) is 0 Å². The Hall–Kier alpha value is -3.08. The summed E-state index contributed by atoms with van der Waals surface area (Å²) in [7, 11) is 1.75. The SMILES string of the molecule is Cc1ccc(OCCN(C)C(=O)c2c(-c3ccccc3)noc2C)cc1. The molecule has 0 spiro atoms. The van der Waals surface area contributed by atoms with Crippen LogP contribution in [0.3, 0.4) is 0 Å². The zero-order valence-corrected chi connectivity index (χ0v) is 15.2. The maximum absolute atomic E-state index is 12.9. The molecule has 0 saturated carbocycles. The molecular weight excluding hydrogens is 328 g/mol. The Kier molecular flexibility index (Phi) is 5.37. The van der Waals surface area contributed by atoms with Crippen molar-refractivity contribution < 1.29 is 14.1 Å². The van der Waals surface area contributed by atoms with Crippen molar-refractivity contribution in [3.8, 4) is 17.0 Å². The first-order valence-corrected chi connectivity index (χ1v) is 8.53. The number of benzene rings is 2. The van der Waals surface area contributed by atoms with Gasteiger partial charge in [-0.25, -0.2) is 0 Å². The Labute approximate surface area is 153 Å². The normalized spacial score (nSPS) is 10.6. The number of hydrogen-bond acceptors (Lipinski definition) is 4. The van der Waals surface area contributed by atoms with Crippen molar-refractivity contribution in [1.82, 2.24) is 10.1 Å². The van der Waals surface area contributed by atoms with Crippen molar-refractivity contribution in [2.24, 2.45) is 0 Å². The van der Waals surface area contributed by atoms with Crippen molar-refractivity contribution in [3.63, 3.8) is 0 Å². The van der Waals surface area contributed by atoms with Crippen LogP contribution in [0, 0.1) is 13.8 Å². The Morgan fingerprint density at radius 2 is 1.77 bits per heavy atom. The molecule has 0 aliphatic heterocycles. The van der Waals surface area contributed by atoms with E-state index in [4.69, 9.17) is 9.26 Å². The summed E-state index contributed by atoms with van der Waals surface area (Å²) in [5, 5.41) is 4.07. The van der Waals surface area contributed by atoms with Gasteiger partial charge in [-0.3, -0.25) is 4.79 Å². The highest BCUT2D eigenvalue weighted by Gasteiger charge is 2.24. The zero-order valence-electron chi connectivity index (χ0n) is 15.2. The van der Waals surface area contributed by atoms with Crippen molar-refractivity contribution in [2.75, 3.05) is 20.2 Å². The van der Waals surface area contributed by atoms with Gasteiger partial charge in [0, 0.05) is 12.6 Å². The molecule has 134 valence electrons. The van der Waals surface area contributed by atoms with Crippen LogP contribution in [0.5, 0.6) is 5.75 Å². The lowest BCUT2D eigenvalue weighted by molar-refractivity contribution is 0.0772. The van der Waals surface area contributed by atoms with Crippen molar-refractivity contribution >= 4 is 5.91 Å². The summed E-state index contributed by atoms with van der Waals surface area (Å²) in [6, 6.07) is 17.4. The molecular formula is C21H22N2O3. The molecule has 0 radical (unpaired) electrons. The van der Waals surface area contributed by atoms with Gasteiger partial charge in [0.05, 0.1) is 6.54 Å². The summed E-state index contributed by atoms with van der Waals surface area (Å²) in [6.45, 7) is 4.66. The minimum atomic E-state index is -0.130. The second-order valence-electron chi connectivity index (χ2n) is 6.22. The first-order chi connectivity index (χ1) is 12.6. The van der Waals surface area contributed by atoms with Crippen molar-refractivity contribution in [3.05, 3.63) is 71.5 Å². The molecule has 1 heterocycles. The zero-order chi connectivity index (χ0) is 18.5. The van der Waals surface area contributed by atoms with E-state index < -0.39 is 0 Å². The van der Waals surface area contributed by atoms with Crippen LogP contribution in [0.15, 0.2) is 59.1 Å². The van der Waals surface area contributed by atoms with E-state index in [0.29, 0.717) is 30.2 Å². The molecule has 0 bridgehead atoms. The van der Waals surface area contributed by atoms with Crippen LogP contribution in [0.4, 0.5) is 0 Å². The molecule has 0 fully saturated rings. The number of carbonyl (C=O) groups excluding carboxylic acids is 1. The number of amides is 1. The Morgan fingerprint density at radius 3 is 2.46 bits per heavy atom. The van der Waals surface area contributed by atoms with Gasteiger partial charge in [-0.2, -0.15) is 0 Å². The molecule has 0 unspecified atom stereocenters. The fraction of sp³-hybridized carbons (Fsp3) is 0.238. The number of aryl methyl sites for hydroxylation is 2. The topological polar surface area (TPSA) is 55.6 Å². The van der Waals surface area contributed by atoms with E-state index in [1.165, 1.54) is 5.56 Å². The number of carbonyl (C=O) groups is 1. The average molecular weight is 350 g/mol. The van der Waals surface area contributed by atoms with E-state index in [1.807, 2.05) is 61.5 Å². The van der Waals surface area contributed by atoms with E-state index in [-0.39, 0.29) is 5.91 Å². The molecule has 0 atom stereocenters. The highest BCUT2D eigenvalue weighted by molar-refractivity contribution is 6.00. The molecule has 3 aromatic rings. The van der Waals surface area contributed by atoms with E-state index in [2.05, 4.69) is 5.16 Å². The van der Waals surface area contributed by atoms with Gasteiger partial charge in [0.25, 0.3) is 5.91 Å². The minimum absolute atomic E-state index is 0.130. The lowest BCUT2D eigenvalue weighted by atomic mass is 10.1. The second kappa shape index (κ2) is 7.87. The van der Waals surface area contributed by atoms with Crippen LogP contribution < -0.4 is 4.74 Å². The fourth-order valence-corrected chi connectivity index (χ4v) is 2.64. The van der Waals surface area contributed by atoms with E-state index in [9.17, 15) is 4.79 Å². The van der Waals surface area contributed by atoms with Gasteiger partial charge in [0.2, 0.25) is 0 Å². The van der Waals surface area contributed by atoms with Crippen LogP contribution in [0.25, 0.3) is 11.3 Å². The van der Waals surface area contributed by atoms with Gasteiger partial charge in [-0.1, -0.05) is 53.2 Å². The summed E-state index contributed by atoms with van der Waals surface area (Å²) in [6.07, 6.45) is 0. The highest BCUT2D eigenvalue weighted by Crippen LogP contribution is 2.26. The molecule has 0 aliphatic rings. The third-order valence-electron chi connectivity index (χ3n) is 4.19. The van der Waals surface area contributed by atoms with Gasteiger partial charge >= 0.3 is 0 Å². The van der Waals surface area contributed by atoms with E-state index in [0.717, 1.165) is 11.3 Å². The minimum Gasteiger partial charge on any atom is -0.492 e. The monoisotopic (exact) mass is 350 g/mol. The Balaban J connectivity index is 1.67. The van der Waals surface area contributed by atoms with Crippen LogP contribution >= 0.6 is 0 Å². The number of aromatic nitrogens is 1. The molecule has 0 saturated heterocycles. The van der Waals surface area contributed by atoms with E-state index in [1.54, 1.807) is 18.9 Å². The highest BCUT2D eigenvalue weighted by atomic mass is 16.5. The summed E-state index contributed by atoms with van der Waals surface area (Å²) in [4.78, 5) is 14.5. The Bertz CT molecular complexity index is 870. The molecule has 0 aliphatic carbocycles. The van der Waals surface area contributed by atoms with Crippen molar-refractivity contribution in [1.29, 1.82) is 0 Å². The average Bonchev–Trinajstić information content (AvgIpc) is 3.05. The maximum Gasteiger partial charge on any atom is 0.259 e. The second-order valence-corrected chi connectivity index (χ2v) is 6.22. The number of nitrogens with zero attached hydrogens (tertiary/aromatic N) is 2. The van der Waals surface area contributed by atoms with Crippen LogP contribution in [-0.2, 0) is 0 Å². The quantitative estimate of drug-likeness (QED) is 0.671. The lowest BCUT2D eigenvalue weighted by Crippen LogP contribution is -2.31. The fourth-order valence-electron chi connectivity index (χ4n) is 2.64. The molecule has 2 aromatic carbocycles. The summed E-state index contributed by atoms with van der Waals surface area (Å²) in [5.74, 6) is 1.18. The summed E-state index contributed by atoms with van der Waals surface area (Å²) in [5.41, 5.74) is 3.10. The van der Waals surface area contributed by atoms with Gasteiger partial charge in [-0.05, 0) is 26.0 Å². The van der Waals surface area contributed by atoms with Crippen LogP contribution in [0.1, 0.15) is 21.7 Å². The number of likely N-dealkylation sites (N-methyl/N-ethyl adjacent to an activating group) is 1. The molecule has 1 aromatic heterocycles. The predicted molar refractivity (Wildman–Crippen MR) is 100 cm³/mol. The molecule has 0 N–H and O–H groups in total. The molecule has 1 amide bonds.